The smallest absolute Gasteiger partial charge is 0.433 e. The van der Waals surface area contributed by atoms with Crippen LogP contribution in [0.1, 0.15) is 10.6 Å². The van der Waals surface area contributed by atoms with Gasteiger partial charge in [-0.15, -0.1) is 0 Å². The fraction of sp³-hybridized carbons (Fsp3) is 0.350. The summed E-state index contributed by atoms with van der Waals surface area (Å²) >= 11 is 4.67. The summed E-state index contributed by atoms with van der Waals surface area (Å²) in [5, 5.41) is 19.7. The normalized spacial score (nSPS) is 18.1. The fourth-order valence-corrected chi connectivity index (χ4v) is 3.87. The van der Waals surface area contributed by atoms with E-state index in [1.165, 1.54) is 33.9 Å². The molecule has 3 heterocycles. The van der Waals surface area contributed by atoms with E-state index in [0.717, 1.165) is 6.07 Å². The van der Waals surface area contributed by atoms with Crippen LogP contribution in [0.15, 0.2) is 34.7 Å². The Balaban J connectivity index is 1.39. The molecule has 0 saturated carbocycles. The van der Waals surface area contributed by atoms with E-state index in [1.54, 1.807) is 17.0 Å². The average molecular weight is 493 g/mol. The van der Waals surface area contributed by atoms with Crippen LogP contribution >= 0.6 is 12.2 Å². The Labute approximate surface area is 197 Å². The zero-order chi connectivity index (χ0) is 24.6. The number of likely N-dealkylation sites (N-methyl/N-ethyl adjacent to an activating group) is 1. The van der Waals surface area contributed by atoms with Crippen molar-refractivity contribution < 1.29 is 33.2 Å². The molecule has 0 aliphatic carbocycles. The van der Waals surface area contributed by atoms with Crippen molar-refractivity contribution in [2.24, 2.45) is 0 Å². The lowest BCUT2D eigenvalue weighted by Gasteiger charge is -2.36. The lowest BCUT2D eigenvalue weighted by Crippen LogP contribution is -2.49. The summed E-state index contributed by atoms with van der Waals surface area (Å²) in [5.74, 6) is -1.67. The van der Waals surface area contributed by atoms with Gasteiger partial charge in [0.05, 0.1) is 24.0 Å². The summed E-state index contributed by atoms with van der Waals surface area (Å²) in [6.45, 7) is 1.25. The molecule has 2 amide bonds. The SMILES string of the molecule is CN(C(O)=S)C1CN(c2ccc(N3CCN(C(=O)c4ccc([N+](=O)[O-])o4)CC3)c(F)c2)C(=O)O1. The Morgan fingerprint density at radius 2 is 1.97 bits per heavy atom. The van der Waals surface area contributed by atoms with Crippen molar-refractivity contribution in [3.8, 4) is 0 Å². The molecule has 14 heteroatoms. The Morgan fingerprint density at radius 1 is 1.26 bits per heavy atom. The van der Waals surface area contributed by atoms with Crippen LogP contribution < -0.4 is 9.80 Å². The van der Waals surface area contributed by atoms with Crippen molar-refractivity contribution in [2.45, 2.75) is 6.23 Å². The molecule has 0 radical (unpaired) electrons. The average Bonchev–Trinajstić information content (AvgIpc) is 3.45. The Kier molecular flexibility index (Phi) is 6.24. The number of hydrogen-bond donors (Lipinski definition) is 1. The van der Waals surface area contributed by atoms with Gasteiger partial charge >= 0.3 is 12.0 Å². The van der Waals surface area contributed by atoms with Gasteiger partial charge in [0.2, 0.25) is 0 Å². The predicted octanol–water partition coefficient (Wildman–Crippen LogP) is 2.35. The van der Waals surface area contributed by atoms with E-state index in [2.05, 4.69) is 12.2 Å². The number of ether oxygens (including phenoxy) is 1. The number of carbonyl (C=O) groups is 2. The van der Waals surface area contributed by atoms with Gasteiger partial charge in [0.15, 0.2) is 12.0 Å². The summed E-state index contributed by atoms with van der Waals surface area (Å²) in [6, 6.07) is 6.72. The first-order valence-electron chi connectivity index (χ1n) is 10.2. The number of aliphatic hydroxyl groups is 1. The van der Waals surface area contributed by atoms with E-state index in [9.17, 15) is 29.2 Å². The number of hydrogen-bond acceptors (Lipinski definition) is 8. The number of furan rings is 1. The first-order chi connectivity index (χ1) is 16.2. The van der Waals surface area contributed by atoms with Gasteiger partial charge in [-0.1, -0.05) is 0 Å². The molecule has 0 bridgehead atoms. The van der Waals surface area contributed by atoms with E-state index < -0.39 is 40.0 Å². The van der Waals surface area contributed by atoms with Gasteiger partial charge in [0, 0.05) is 33.2 Å². The first kappa shape index (κ1) is 23.2. The van der Waals surface area contributed by atoms with Crippen molar-refractivity contribution >= 4 is 46.7 Å². The van der Waals surface area contributed by atoms with Crippen LogP contribution in [0.3, 0.4) is 0 Å². The number of thiocarbonyl (C=S) groups is 1. The van der Waals surface area contributed by atoms with Crippen LogP contribution in [0.5, 0.6) is 0 Å². The number of amides is 2. The molecule has 2 aliphatic rings. The molecule has 0 spiro atoms. The quantitative estimate of drug-likeness (QED) is 0.376. The highest BCUT2D eigenvalue weighted by Gasteiger charge is 2.36. The predicted molar refractivity (Wildman–Crippen MR) is 120 cm³/mol. The maximum atomic E-state index is 14.9. The Bertz CT molecular complexity index is 1150. The highest BCUT2D eigenvalue weighted by atomic mass is 32.1. The van der Waals surface area contributed by atoms with E-state index in [0.29, 0.717) is 24.5 Å². The molecule has 2 fully saturated rings. The zero-order valence-corrected chi connectivity index (χ0v) is 18.7. The number of carbonyl (C=O) groups excluding carboxylic acids is 2. The molecule has 1 unspecified atom stereocenters. The Morgan fingerprint density at radius 3 is 2.56 bits per heavy atom. The van der Waals surface area contributed by atoms with E-state index in [4.69, 9.17) is 9.15 Å². The van der Waals surface area contributed by atoms with Gasteiger partial charge < -0.3 is 24.1 Å². The molecule has 2 aliphatic heterocycles. The number of benzene rings is 1. The first-order valence-corrected chi connectivity index (χ1v) is 10.6. The molecule has 1 N–H and O–H groups in total. The van der Waals surface area contributed by atoms with Crippen LogP contribution in [-0.4, -0.2) is 83.0 Å². The molecule has 12 nitrogen and oxygen atoms in total. The number of nitrogens with zero attached hydrogens (tertiary/aromatic N) is 5. The number of cyclic esters (lactones) is 1. The number of aliphatic hydroxyl groups excluding tert-OH is 1. The molecule has 2 saturated heterocycles. The maximum Gasteiger partial charge on any atom is 0.433 e. The highest BCUT2D eigenvalue weighted by Crippen LogP contribution is 2.29. The van der Waals surface area contributed by atoms with Gasteiger partial charge in [-0.3, -0.25) is 24.7 Å². The number of anilines is 2. The minimum atomic E-state index is -0.797. The standard InChI is InChI=1S/C20H20FN5O7S/c1-22(20(29)34)17-11-25(19(28)33-17)12-2-3-14(13(21)10-12)23-6-8-24(9-7-23)18(27)15-4-5-16(32-15)26(30)31/h2-5,10,17H,6-9,11H2,1H3,(H,29,34). The lowest BCUT2D eigenvalue weighted by molar-refractivity contribution is -0.402. The second kappa shape index (κ2) is 9.13. The van der Waals surface area contributed by atoms with Crippen LogP contribution in [0.4, 0.5) is 26.4 Å². The van der Waals surface area contributed by atoms with Gasteiger partial charge in [-0.05, 0) is 36.5 Å². The highest BCUT2D eigenvalue weighted by molar-refractivity contribution is 7.79. The molecule has 4 rings (SSSR count). The third kappa shape index (κ3) is 4.44. The van der Waals surface area contributed by atoms with Crippen molar-refractivity contribution in [1.29, 1.82) is 0 Å². The summed E-state index contributed by atoms with van der Waals surface area (Å²) < 4.78 is 25.1. The molecule has 1 atom stereocenters. The second-order valence-corrected chi connectivity index (χ2v) is 8.02. The van der Waals surface area contributed by atoms with Crippen molar-refractivity contribution in [1.82, 2.24) is 9.80 Å². The molecule has 180 valence electrons. The summed E-state index contributed by atoms with van der Waals surface area (Å²) in [4.78, 5) is 40.5. The molecule has 1 aromatic heterocycles. The van der Waals surface area contributed by atoms with Gasteiger partial charge in [-0.25, -0.2) is 9.18 Å². The van der Waals surface area contributed by atoms with Crippen molar-refractivity contribution in [2.75, 3.05) is 49.6 Å². The molecule has 34 heavy (non-hydrogen) atoms. The molecular weight excluding hydrogens is 473 g/mol. The topological polar surface area (TPSA) is 133 Å². The third-order valence-electron chi connectivity index (χ3n) is 5.66. The molecular formula is C20H20FN5O7S. The summed E-state index contributed by atoms with van der Waals surface area (Å²) in [6.07, 6.45) is -1.49. The molecule has 1 aromatic carbocycles. The Hall–Kier alpha value is -3.94. The molecule has 2 aromatic rings. The number of piperazine rings is 1. The monoisotopic (exact) mass is 493 g/mol. The second-order valence-electron chi connectivity index (χ2n) is 7.65. The van der Waals surface area contributed by atoms with Gasteiger partial charge in [0.1, 0.15) is 10.7 Å². The van der Waals surface area contributed by atoms with E-state index >= 15 is 0 Å². The van der Waals surface area contributed by atoms with Crippen molar-refractivity contribution in [3.63, 3.8) is 0 Å². The minimum absolute atomic E-state index is 0.0561. The lowest BCUT2D eigenvalue weighted by atomic mass is 10.2. The minimum Gasteiger partial charge on any atom is -0.486 e. The van der Waals surface area contributed by atoms with Crippen LogP contribution in [-0.2, 0) is 4.74 Å². The zero-order valence-electron chi connectivity index (χ0n) is 17.9. The maximum absolute atomic E-state index is 14.9. The third-order valence-corrected chi connectivity index (χ3v) is 5.95. The number of rotatable bonds is 5. The van der Waals surface area contributed by atoms with E-state index in [-0.39, 0.29) is 25.4 Å². The summed E-state index contributed by atoms with van der Waals surface area (Å²) in [7, 11) is 1.48. The fourth-order valence-electron chi connectivity index (χ4n) is 3.75. The van der Waals surface area contributed by atoms with Gasteiger partial charge in [0.25, 0.3) is 11.1 Å². The van der Waals surface area contributed by atoms with Gasteiger partial charge in [-0.2, -0.15) is 0 Å². The largest absolute Gasteiger partial charge is 0.486 e. The number of nitro groups is 1. The van der Waals surface area contributed by atoms with Crippen LogP contribution in [0, 0.1) is 15.9 Å². The van der Waals surface area contributed by atoms with Crippen LogP contribution in [0.2, 0.25) is 0 Å². The van der Waals surface area contributed by atoms with Crippen molar-refractivity contribution in [3.05, 3.63) is 52.0 Å². The van der Waals surface area contributed by atoms with Crippen LogP contribution in [0.25, 0.3) is 0 Å². The van der Waals surface area contributed by atoms with E-state index in [1.807, 2.05) is 0 Å². The summed E-state index contributed by atoms with van der Waals surface area (Å²) in [5.41, 5.74) is 0.599. The number of halogens is 1.